The van der Waals surface area contributed by atoms with Gasteiger partial charge in [0.1, 0.15) is 17.3 Å². The minimum absolute atomic E-state index is 0.280. The summed E-state index contributed by atoms with van der Waals surface area (Å²) >= 11 is 0. The van der Waals surface area contributed by atoms with E-state index < -0.39 is 11.6 Å². The molecule has 1 aliphatic rings. The molecule has 0 spiro atoms. The van der Waals surface area contributed by atoms with Gasteiger partial charge >= 0.3 is 0 Å². The molecule has 0 radical (unpaired) electrons. The first-order chi connectivity index (χ1) is 12.7. The Morgan fingerprint density at radius 2 is 1.96 bits per heavy atom. The molecule has 0 N–H and O–H groups in total. The summed E-state index contributed by atoms with van der Waals surface area (Å²) in [6, 6.07) is 7.89. The molecule has 2 aromatic heterocycles. The average molecular weight is 355 g/mol. The van der Waals surface area contributed by atoms with Crippen molar-refractivity contribution in [2.24, 2.45) is 0 Å². The van der Waals surface area contributed by atoms with Gasteiger partial charge in [-0.1, -0.05) is 11.3 Å². The van der Waals surface area contributed by atoms with Gasteiger partial charge in [-0.3, -0.25) is 9.88 Å². The van der Waals surface area contributed by atoms with Gasteiger partial charge in [0.2, 0.25) is 0 Å². The van der Waals surface area contributed by atoms with Gasteiger partial charge in [-0.15, -0.1) is 5.10 Å². The lowest BCUT2D eigenvalue weighted by Gasteiger charge is -2.31. The standard InChI is InChI=1S/C19H19F2N5/c20-16-4-3-15(18(21)10-16)12-25-8-5-17(6-9-25)26-13-19(23-24-26)14-2-1-7-22-11-14/h1-4,7,10-11,13,17H,5-6,8-9,12H2. The number of halogens is 2. The molecule has 1 aliphatic heterocycles. The average Bonchev–Trinajstić information content (AvgIpc) is 3.16. The van der Waals surface area contributed by atoms with Crippen LogP contribution in [0, 0.1) is 11.6 Å². The lowest BCUT2D eigenvalue weighted by atomic mass is 10.0. The van der Waals surface area contributed by atoms with Crippen molar-refractivity contribution in [2.45, 2.75) is 25.4 Å². The normalized spacial score (nSPS) is 16.1. The van der Waals surface area contributed by atoms with Crippen LogP contribution in [0.3, 0.4) is 0 Å². The maximum absolute atomic E-state index is 13.8. The van der Waals surface area contributed by atoms with E-state index in [9.17, 15) is 8.78 Å². The van der Waals surface area contributed by atoms with E-state index in [2.05, 4.69) is 20.2 Å². The van der Waals surface area contributed by atoms with Gasteiger partial charge in [0.25, 0.3) is 0 Å². The van der Waals surface area contributed by atoms with Crippen LogP contribution in [0.4, 0.5) is 8.78 Å². The van der Waals surface area contributed by atoms with Crippen LogP contribution < -0.4 is 0 Å². The molecule has 1 saturated heterocycles. The smallest absolute Gasteiger partial charge is 0.130 e. The second kappa shape index (κ2) is 7.29. The van der Waals surface area contributed by atoms with Crippen LogP contribution >= 0.6 is 0 Å². The number of rotatable bonds is 4. The lowest BCUT2D eigenvalue weighted by Crippen LogP contribution is -2.34. The van der Waals surface area contributed by atoms with Crippen LogP contribution in [0.5, 0.6) is 0 Å². The molecule has 26 heavy (non-hydrogen) atoms. The van der Waals surface area contributed by atoms with Crippen LogP contribution in [0.2, 0.25) is 0 Å². The maximum atomic E-state index is 13.8. The third kappa shape index (κ3) is 3.62. The zero-order valence-corrected chi connectivity index (χ0v) is 14.2. The second-order valence-electron chi connectivity index (χ2n) is 6.57. The van der Waals surface area contributed by atoms with Gasteiger partial charge in [-0.25, -0.2) is 13.5 Å². The molecule has 0 amide bonds. The van der Waals surface area contributed by atoms with Crippen LogP contribution in [-0.4, -0.2) is 38.0 Å². The quantitative estimate of drug-likeness (QED) is 0.719. The molecule has 0 atom stereocenters. The topological polar surface area (TPSA) is 46.8 Å². The zero-order chi connectivity index (χ0) is 17.9. The fourth-order valence-corrected chi connectivity index (χ4v) is 3.33. The number of pyridine rings is 1. The molecule has 3 aromatic rings. The molecule has 1 aromatic carbocycles. The Kier molecular flexibility index (Phi) is 4.71. The van der Waals surface area contributed by atoms with E-state index in [1.807, 2.05) is 23.0 Å². The molecule has 134 valence electrons. The van der Waals surface area contributed by atoms with E-state index >= 15 is 0 Å². The van der Waals surface area contributed by atoms with E-state index in [4.69, 9.17) is 0 Å². The van der Waals surface area contributed by atoms with Crippen molar-refractivity contribution in [3.8, 4) is 11.3 Å². The Hall–Kier alpha value is -2.67. The predicted molar refractivity (Wildman–Crippen MR) is 93.2 cm³/mol. The molecular weight excluding hydrogens is 336 g/mol. The van der Waals surface area contributed by atoms with Crippen LogP contribution in [0.15, 0.2) is 48.9 Å². The van der Waals surface area contributed by atoms with Crippen molar-refractivity contribution in [2.75, 3.05) is 13.1 Å². The SMILES string of the molecule is Fc1ccc(CN2CCC(n3cc(-c4cccnc4)nn3)CC2)c(F)c1. The van der Waals surface area contributed by atoms with Gasteiger partial charge < -0.3 is 0 Å². The molecular formula is C19H19F2N5. The summed E-state index contributed by atoms with van der Waals surface area (Å²) < 4.78 is 28.7. The zero-order valence-electron chi connectivity index (χ0n) is 14.2. The minimum atomic E-state index is -0.541. The van der Waals surface area contributed by atoms with Crippen molar-refractivity contribution in [1.29, 1.82) is 0 Å². The van der Waals surface area contributed by atoms with Gasteiger partial charge in [0.15, 0.2) is 0 Å². The Bertz CT molecular complexity index is 873. The molecule has 0 bridgehead atoms. The summed E-state index contributed by atoms with van der Waals surface area (Å²) in [5, 5.41) is 8.51. The highest BCUT2D eigenvalue weighted by Crippen LogP contribution is 2.25. The molecule has 3 heterocycles. The number of likely N-dealkylation sites (tertiary alicyclic amines) is 1. The number of aromatic nitrogens is 4. The first-order valence-electron chi connectivity index (χ1n) is 8.67. The summed E-state index contributed by atoms with van der Waals surface area (Å²) in [5.41, 5.74) is 2.29. The second-order valence-corrected chi connectivity index (χ2v) is 6.57. The first-order valence-corrected chi connectivity index (χ1v) is 8.67. The van der Waals surface area contributed by atoms with Crippen LogP contribution in [0.25, 0.3) is 11.3 Å². The first kappa shape index (κ1) is 16.8. The van der Waals surface area contributed by atoms with Crippen molar-refractivity contribution < 1.29 is 8.78 Å². The molecule has 0 unspecified atom stereocenters. The number of hydrogen-bond donors (Lipinski definition) is 0. The summed E-state index contributed by atoms with van der Waals surface area (Å²) in [4.78, 5) is 6.29. The van der Waals surface area contributed by atoms with E-state index in [0.717, 1.165) is 43.3 Å². The van der Waals surface area contributed by atoms with Gasteiger partial charge in [0.05, 0.1) is 12.2 Å². The van der Waals surface area contributed by atoms with Gasteiger partial charge in [0, 0.05) is 49.2 Å². The molecule has 7 heteroatoms. The van der Waals surface area contributed by atoms with E-state index in [1.165, 1.54) is 12.1 Å². The number of nitrogens with zero attached hydrogens (tertiary/aromatic N) is 5. The van der Waals surface area contributed by atoms with Crippen molar-refractivity contribution in [3.63, 3.8) is 0 Å². The van der Waals surface area contributed by atoms with Crippen molar-refractivity contribution in [1.82, 2.24) is 24.9 Å². The summed E-state index contributed by atoms with van der Waals surface area (Å²) in [7, 11) is 0. The molecule has 0 saturated carbocycles. The summed E-state index contributed by atoms with van der Waals surface area (Å²) in [6.07, 6.45) is 7.29. The molecule has 5 nitrogen and oxygen atoms in total. The van der Waals surface area contributed by atoms with Crippen molar-refractivity contribution >= 4 is 0 Å². The lowest BCUT2D eigenvalue weighted by molar-refractivity contribution is 0.170. The van der Waals surface area contributed by atoms with E-state index in [0.29, 0.717) is 12.1 Å². The Morgan fingerprint density at radius 1 is 1.12 bits per heavy atom. The van der Waals surface area contributed by atoms with Gasteiger partial charge in [-0.05, 0) is 31.0 Å². The van der Waals surface area contributed by atoms with Crippen LogP contribution in [-0.2, 0) is 6.54 Å². The van der Waals surface area contributed by atoms with E-state index in [-0.39, 0.29) is 6.04 Å². The van der Waals surface area contributed by atoms with Crippen LogP contribution in [0.1, 0.15) is 24.4 Å². The highest BCUT2D eigenvalue weighted by atomic mass is 19.1. The Morgan fingerprint density at radius 3 is 2.69 bits per heavy atom. The number of hydrogen-bond acceptors (Lipinski definition) is 4. The third-order valence-electron chi connectivity index (χ3n) is 4.81. The third-order valence-corrected chi connectivity index (χ3v) is 4.81. The molecule has 0 aliphatic carbocycles. The molecule has 4 rings (SSSR count). The maximum Gasteiger partial charge on any atom is 0.130 e. The Labute approximate surface area is 150 Å². The largest absolute Gasteiger partial charge is 0.299 e. The monoisotopic (exact) mass is 355 g/mol. The summed E-state index contributed by atoms with van der Waals surface area (Å²) in [6.45, 7) is 2.17. The minimum Gasteiger partial charge on any atom is -0.299 e. The van der Waals surface area contributed by atoms with Crippen molar-refractivity contribution in [3.05, 3.63) is 66.1 Å². The number of benzene rings is 1. The fourth-order valence-electron chi connectivity index (χ4n) is 3.33. The molecule has 1 fully saturated rings. The summed E-state index contributed by atoms with van der Waals surface area (Å²) in [5.74, 6) is -1.02. The fraction of sp³-hybridized carbons (Fsp3) is 0.316. The number of piperidine rings is 1. The highest BCUT2D eigenvalue weighted by Gasteiger charge is 2.22. The Balaban J connectivity index is 1.37. The van der Waals surface area contributed by atoms with E-state index in [1.54, 1.807) is 12.4 Å². The van der Waals surface area contributed by atoms with Gasteiger partial charge in [-0.2, -0.15) is 0 Å². The highest BCUT2D eigenvalue weighted by molar-refractivity contribution is 5.55. The predicted octanol–water partition coefficient (Wildman–Crippen LogP) is 3.46.